The zero-order valence-electron chi connectivity index (χ0n) is 9.65. The lowest BCUT2D eigenvalue weighted by molar-refractivity contribution is 0.461. The van der Waals surface area contributed by atoms with Crippen molar-refractivity contribution >= 4 is 29.0 Å². The third kappa shape index (κ3) is 3.48. The van der Waals surface area contributed by atoms with Gasteiger partial charge in [-0.15, -0.1) is 0 Å². The normalized spacial score (nSPS) is 10.2. The maximum atomic E-state index is 5.88. The van der Waals surface area contributed by atoms with E-state index in [1.165, 1.54) is 6.20 Å². The standard InChI is InChI=1S/C12H11Cl2N3O/c1-2-16-11-6-15-7-12(17-11)18-10-4-8(13)3-9(14)5-10/h3-7H,2H2,1H3,(H,16,17). The van der Waals surface area contributed by atoms with Gasteiger partial charge in [-0.05, 0) is 25.1 Å². The van der Waals surface area contributed by atoms with Gasteiger partial charge in [-0.25, -0.2) is 0 Å². The van der Waals surface area contributed by atoms with E-state index >= 15 is 0 Å². The highest BCUT2D eigenvalue weighted by Gasteiger charge is 2.03. The minimum absolute atomic E-state index is 0.381. The van der Waals surface area contributed by atoms with Gasteiger partial charge in [-0.2, -0.15) is 4.98 Å². The second kappa shape index (κ2) is 5.89. The fourth-order valence-corrected chi connectivity index (χ4v) is 1.88. The van der Waals surface area contributed by atoms with Gasteiger partial charge in [0.2, 0.25) is 5.88 Å². The van der Waals surface area contributed by atoms with Crippen molar-refractivity contribution in [1.29, 1.82) is 0 Å². The smallest absolute Gasteiger partial charge is 0.239 e. The molecule has 0 saturated carbocycles. The van der Waals surface area contributed by atoms with E-state index in [9.17, 15) is 0 Å². The molecule has 0 amide bonds. The first-order chi connectivity index (χ1) is 8.67. The molecule has 0 saturated heterocycles. The Morgan fingerprint density at radius 3 is 2.56 bits per heavy atom. The van der Waals surface area contributed by atoms with E-state index in [-0.39, 0.29) is 0 Å². The van der Waals surface area contributed by atoms with Gasteiger partial charge in [0.15, 0.2) is 0 Å². The molecule has 0 unspecified atom stereocenters. The van der Waals surface area contributed by atoms with Crippen LogP contribution in [0.3, 0.4) is 0 Å². The summed E-state index contributed by atoms with van der Waals surface area (Å²) < 4.78 is 5.54. The molecule has 0 bridgehead atoms. The summed E-state index contributed by atoms with van der Waals surface area (Å²) in [6, 6.07) is 4.96. The molecular weight excluding hydrogens is 273 g/mol. The summed E-state index contributed by atoms with van der Waals surface area (Å²) in [4.78, 5) is 8.26. The highest BCUT2D eigenvalue weighted by Crippen LogP contribution is 2.27. The van der Waals surface area contributed by atoms with Gasteiger partial charge >= 0.3 is 0 Å². The largest absolute Gasteiger partial charge is 0.437 e. The molecule has 6 heteroatoms. The monoisotopic (exact) mass is 283 g/mol. The lowest BCUT2D eigenvalue weighted by Gasteiger charge is -2.07. The number of ether oxygens (including phenoxy) is 1. The van der Waals surface area contributed by atoms with E-state index in [1.54, 1.807) is 24.4 Å². The number of hydrogen-bond donors (Lipinski definition) is 1. The van der Waals surface area contributed by atoms with Crippen molar-refractivity contribution in [3.05, 3.63) is 40.6 Å². The van der Waals surface area contributed by atoms with Gasteiger partial charge in [-0.3, -0.25) is 4.98 Å². The predicted molar refractivity (Wildman–Crippen MR) is 72.7 cm³/mol. The molecule has 0 aliphatic carbocycles. The number of anilines is 1. The summed E-state index contributed by atoms with van der Waals surface area (Å²) in [5, 5.41) is 4.07. The molecule has 18 heavy (non-hydrogen) atoms. The summed E-state index contributed by atoms with van der Waals surface area (Å²) in [6.45, 7) is 2.74. The van der Waals surface area contributed by atoms with Crippen LogP contribution in [0.4, 0.5) is 5.82 Å². The van der Waals surface area contributed by atoms with E-state index in [4.69, 9.17) is 27.9 Å². The lowest BCUT2D eigenvalue weighted by atomic mass is 10.3. The zero-order valence-corrected chi connectivity index (χ0v) is 11.2. The molecule has 0 radical (unpaired) electrons. The Bertz CT molecular complexity index is 528. The Morgan fingerprint density at radius 2 is 1.89 bits per heavy atom. The molecule has 0 aliphatic heterocycles. The average Bonchev–Trinajstić information content (AvgIpc) is 2.28. The zero-order chi connectivity index (χ0) is 13.0. The molecule has 94 valence electrons. The first-order valence-corrected chi connectivity index (χ1v) is 6.13. The highest BCUT2D eigenvalue weighted by molar-refractivity contribution is 6.34. The highest BCUT2D eigenvalue weighted by atomic mass is 35.5. The fraction of sp³-hybridized carbons (Fsp3) is 0.167. The van der Waals surface area contributed by atoms with Gasteiger partial charge in [0.05, 0.1) is 12.4 Å². The second-order valence-electron chi connectivity index (χ2n) is 3.48. The molecular formula is C12H11Cl2N3O. The Hall–Kier alpha value is -1.52. The third-order valence-electron chi connectivity index (χ3n) is 2.03. The summed E-state index contributed by atoms with van der Waals surface area (Å²) in [7, 11) is 0. The quantitative estimate of drug-likeness (QED) is 0.921. The van der Waals surface area contributed by atoms with Crippen LogP contribution in [-0.4, -0.2) is 16.5 Å². The first-order valence-electron chi connectivity index (χ1n) is 5.37. The van der Waals surface area contributed by atoms with Crippen molar-refractivity contribution in [2.24, 2.45) is 0 Å². The predicted octanol–water partition coefficient (Wildman–Crippen LogP) is 4.01. The summed E-state index contributed by atoms with van der Waals surface area (Å²) in [5.74, 6) is 1.56. The van der Waals surface area contributed by atoms with E-state index < -0.39 is 0 Å². The van der Waals surface area contributed by atoms with E-state index in [2.05, 4.69) is 15.3 Å². The van der Waals surface area contributed by atoms with Crippen molar-refractivity contribution in [2.45, 2.75) is 6.92 Å². The molecule has 0 atom stereocenters. The third-order valence-corrected chi connectivity index (χ3v) is 2.47. The van der Waals surface area contributed by atoms with Crippen LogP contribution >= 0.6 is 23.2 Å². The van der Waals surface area contributed by atoms with Crippen LogP contribution in [0, 0.1) is 0 Å². The van der Waals surface area contributed by atoms with Crippen molar-refractivity contribution in [2.75, 3.05) is 11.9 Å². The van der Waals surface area contributed by atoms with E-state index in [1.807, 2.05) is 6.92 Å². The van der Waals surface area contributed by atoms with Crippen LogP contribution in [0.25, 0.3) is 0 Å². The van der Waals surface area contributed by atoms with Gasteiger partial charge in [-0.1, -0.05) is 23.2 Å². The van der Waals surface area contributed by atoms with Crippen LogP contribution in [0.15, 0.2) is 30.6 Å². The number of rotatable bonds is 4. The maximum Gasteiger partial charge on any atom is 0.239 e. The molecule has 1 N–H and O–H groups in total. The number of aromatic nitrogens is 2. The number of nitrogens with one attached hydrogen (secondary N) is 1. The first kappa shape index (κ1) is 12.9. The van der Waals surface area contributed by atoms with Gasteiger partial charge in [0.1, 0.15) is 11.6 Å². The van der Waals surface area contributed by atoms with Gasteiger partial charge in [0, 0.05) is 16.6 Å². The Balaban J connectivity index is 2.20. The van der Waals surface area contributed by atoms with Crippen molar-refractivity contribution in [3.63, 3.8) is 0 Å². The molecule has 0 fully saturated rings. The summed E-state index contributed by atoms with van der Waals surface area (Å²) >= 11 is 11.8. The molecule has 4 nitrogen and oxygen atoms in total. The van der Waals surface area contributed by atoms with Gasteiger partial charge in [0.25, 0.3) is 0 Å². The minimum Gasteiger partial charge on any atom is -0.437 e. The summed E-state index contributed by atoms with van der Waals surface area (Å²) in [6.07, 6.45) is 3.15. The number of nitrogens with zero attached hydrogens (tertiary/aromatic N) is 2. The Kier molecular flexibility index (Phi) is 4.23. The molecule has 2 aromatic rings. The number of halogens is 2. The molecule has 0 spiro atoms. The van der Waals surface area contributed by atoms with Crippen LogP contribution in [-0.2, 0) is 0 Å². The average molecular weight is 284 g/mol. The molecule has 1 aromatic carbocycles. The lowest BCUT2D eigenvalue weighted by Crippen LogP contribution is -2.00. The number of benzene rings is 1. The Labute approximate surface area is 115 Å². The molecule has 0 aliphatic rings. The molecule has 1 heterocycles. The van der Waals surface area contributed by atoms with Crippen LogP contribution < -0.4 is 10.1 Å². The van der Waals surface area contributed by atoms with Crippen molar-refractivity contribution < 1.29 is 4.74 Å². The SMILES string of the molecule is CCNc1cncc(Oc2cc(Cl)cc(Cl)c2)n1. The van der Waals surface area contributed by atoms with Crippen LogP contribution in [0.1, 0.15) is 6.92 Å². The summed E-state index contributed by atoms with van der Waals surface area (Å²) in [5.41, 5.74) is 0. The van der Waals surface area contributed by atoms with Crippen molar-refractivity contribution in [1.82, 2.24) is 9.97 Å². The molecule has 1 aromatic heterocycles. The van der Waals surface area contributed by atoms with Crippen LogP contribution in [0.5, 0.6) is 11.6 Å². The topological polar surface area (TPSA) is 47.0 Å². The van der Waals surface area contributed by atoms with E-state index in [0.29, 0.717) is 27.5 Å². The van der Waals surface area contributed by atoms with Crippen LogP contribution in [0.2, 0.25) is 10.0 Å². The second-order valence-corrected chi connectivity index (χ2v) is 4.35. The fourth-order valence-electron chi connectivity index (χ4n) is 1.37. The van der Waals surface area contributed by atoms with E-state index in [0.717, 1.165) is 6.54 Å². The minimum atomic E-state index is 0.381. The Morgan fingerprint density at radius 1 is 1.17 bits per heavy atom. The van der Waals surface area contributed by atoms with Gasteiger partial charge < -0.3 is 10.1 Å². The number of hydrogen-bond acceptors (Lipinski definition) is 4. The molecule has 2 rings (SSSR count). The maximum absolute atomic E-state index is 5.88. The van der Waals surface area contributed by atoms with Crippen molar-refractivity contribution in [3.8, 4) is 11.6 Å².